The molecule has 2 amide bonds. The van der Waals surface area contributed by atoms with Gasteiger partial charge in [0.1, 0.15) is 5.75 Å². The van der Waals surface area contributed by atoms with Crippen molar-refractivity contribution in [3.63, 3.8) is 0 Å². The number of H-pyrrole nitrogens is 1. The summed E-state index contributed by atoms with van der Waals surface area (Å²) in [7, 11) is 5.59. The van der Waals surface area contributed by atoms with Gasteiger partial charge in [-0.25, -0.2) is 0 Å². The normalized spacial score (nSPS) is 17.2. The zero-order valence-corrected chi connectivity index (χ0v) is 20.5. The number of methoxy groups -OCH3 is 1. The van der Waals surface area contributed by atoms with Gasteiger partial charge >= 0.3 is 0 Å². The number of nitrogens with one attached hydrogen (secondary N) is 1. The molecule has 8 nitrogen and oxygen atoms in total. The van der Waals surface area contributed by atoms with Gasteiger partial charge in [-0.15, -0.1) is 0 Å². The van der Waals surface area contributed by atoms with Gasteiger partial charge in [-0.2, -0.15) is 5.10 Å². The first-order valence-electron chi connectivity index (χ1n) is 12.0. The van der Waals surface area contributed by atoms with Gasteiger partial charge in [0.2, 0.25) is 5.91 Å². The van der Waals surface area contributed by atoms with E-state index in [1.807, 2.05) is 77.5 Å². The van der Waals surface area contributed by atoms with Crippen LogP contribution in [0.5, 0.6) is 5.75 Å². The van der Waals surface area contributed by atoms with E-state index in [1.54, 1.807) is 13.3 Å². The smallest absolute Gasteiger partial charge is 0.253 e. The fourth-order valence-corrected chi connectivity index (χ4v) is 5.24. The molecule has 2 aliphatic heterocycles. The first-order chi connectivity index (χ1) is 16.9. The van der Waals surface area contributed by atoms with Crippen LogP contribution < -0.4 is 14.5 Å². The van der Waals surface area contributed by atoms with Gasteiger partial charge in [0.15, 0.2) is 0 Å². The molecule has 182 valence electrons. The minimum absolute atomic E-state index is 0.0343. The Morgan fingerprint density at radius 3 is 2.40 bits per heavy atom. The van der Waals surface area contributed by atoms with E-state index >= 15 is 0 Å². The molecule has 1 aromatic heterocycles. The summed E-state index contributed by atoms with van der Waals surface area (Å²) < 4.78 is 5.62. The molecule has 0 aliphatic carbocycles. The summed E-state index contributed by atoms with van der Waals surface area (Å²) in [4.78, 5) is 32.4. The maximum atomic E-state index is 13.6. The van der Waals surface area contributed by atoms with Gasteiger partial charge in [0.05, 0.1) is 18.7 Å². The Morgan fingerprint density at radius 2 is 1.77 bits per heavy atom. The first kappa shape index (κ1) is 23.0. The number of carbonyl (C=O) groups is 2. The molecule has 1 spiro atoms. The Balaban J connectivity index is 1.27. The monoisotopic (exact) mass is 473 g/mol. The summed E-state index contributed by atoms with van der Waals surface area (Å²) in [6.07, 6.45) is 5.75. The molecule has 2 fully saturated rings. The molecule has 2 saturated heterocycles. The van der Waals surface area contributed by atoms with Gasteiger partial charge in [-0.1, -0.05) is 0 Å². The van der Waals surface area contributed by atoms with Crippen LogP contribution in [0.3, 0.4) is 0 Å². The lowest BCUT2D eigenvalue weighted by atomic mass is 9.77. The minimum atomic E-state index is -0.401. The molecule has 2 aromatic carbocycles. The zero-order chi connectivity index (χ0) is 24.6. The van der Waals surface area contributed by atoms with Crippen molar-refractivity contribution in [1.29, 1.82) is 0 Å². The van der Waals surface area contributed by atoms with Crippen LogP contribution >= 0.6 is 0 Å². The van der Waals surface area contributed by atoms with Crippen molar-refractivity contribution in [3.8, 4) is 16.9 Å². The Morgan fingerprint density at radius 1 is 1.06 bits per heavy atom. The van der Waals surface area contributed by atoms with Crippen LogP contribution in [0, 0.1) is 5.41 Å². The molecule has 3 aromatic rings. The van der Waals surface area contributed by atoms with Crippen molar-refractivity contribution >= 4 is 23.2 Å². The van der Waals surface area contributed by atoms with Crippen LogP contribution in [-0.2, 0) is 4.79 Å². The molecule has 5 rings (SSSR count). The maximum absolute atomic E-state index is 13.6. The number of amides is 2. The highest BCUT2D eigenvalue weighted by Gasteiger charge is 2.49. The lowest BCUT2D eigenvalue weighted by Gasteiger charge is -2.38. The third kappa shape index (κ3) is 4.13. The average molecular weight is 474 g/mol. The number of piperidine rings is 1. The first-order valence-corrected chi connectivity index (χ1v) is 12.0. The van der Waals surface area contributed by atoms with Crippen molar-refractivity contribution in [3.05, 3.63) is 60.4 Å². The molecule has 0 saturated carbocycles. The fourth-order valence-electron chi connectivity index (χ4n) is 5.24. The van der Waals surface area contributed by atoms with Crippen molar-refractivity contribution in [2.24, 2.45) is 5.41 Å². The fraction of sp³-hybridized carbons (Fsp3) is 0.370. The lowest BCUT2D eigenvalue weighted by molar-refractivity contribution is -0.127. The number of ether oxygens (including phenoxy) is 1. The predicted octanol–water partition coefficient (Wildman–Crippen LogP) is 3.81. The number of carbonyl (C=O) groups excluding carboxylic acids is 2. The largest absolute Gasteiger partial charge is 0.496 e. The molecule has 0 atom stereocenters. The number of aromatic amines is 1. The summed E-state index contributed by atoms with van der Waals surface area (Å²) in [5.41, 5.74) is 4.06. The van der Waals surface area contributed by atoms with E-state index < -0.39 is 5.41 Å². The van der Waals surface area contributed by atoms with E-state index in [1.165, 1.54) is 0 Å². The molecule has 35 heavy (non-hydrogen) atoms. The Labute approximate surface area is 205 Å². The second kappa shape index (κ2) is 9.09. The van der Waals surface area contributed by atoms with Crippen LogP contribution in [0.1, 0.15) is 29.6 Å². The Bertz CT molecular complexity index is 1210. The van der Waals surface area contributed by atoms with Gasteiger partial charge in [-0.3, -0.25) is 14.7 Å². The third-order valence-corrected chi connectivity index (χ3v) is 7.46. The number of likely N-dealkylation sites (tertiary alicyclic amines) is 1. The van der Waals surface area contributed by atoms with Crippen molar-refractivity contribution in [2.75, 3.05) is 50.6 Å². The molecule has 1 N–H and O–H groups in total. The van der Waals surface area contributed by atoms with E-state index in [2.05, 4.69) is 10.2 Å². The average Bonchev–Trinajstić information content (AvgIpc) is 3.53. The zero-order valence-electron chi connectivity index (χ0n) is 20.5. The molecule has 0 unspecified atom stereocenters. The molecule has 3 heterocycles. The predicted molar refractivity (Wildman–Crippen MR) is 136 cm³/mol. The van der Waals surface area contributed by atoms with Gasteiger partial charge < -0.3 is 19.4 Å². The maximum Gasteiger partial charge on any atom is 0.253 e. The molecule has 2 aliphatic rings. The number of nitrogens with zero attached hydrogens (tertiary/aromatic N) is 4. The van der Waals surface area contributed by atoms with Crippen LogP contribution in [0.2, 0.25) is 0 Å². The lowest BCUT2D eigenvalue weighted by Crippen LogP contribution is -2.46. The molecular weight excluding hydrogens is 442 g/mol. The number of rotatable bonds is 5. The van der Waals surface area contributed by atoms with Crippen LogP contribution in [0.4, 0.5) is 11.4 Å². The summed E-state index contributed by atoms with van der Waals surface area (Å²) in [6.45, 7) is 1.86. The third-order valence-electron chi connectivity index (χ3n) is 7.46. The number of hydrogen-bond donors (Lipinski definition) is 1. The second-order valence-electron chi connectivity index (χ2n) is 9.59. The number of aromatic nitrogens is 2. The SMILES string of the molecule is COc1cc(N2CCC3(CCN(C(=O)c4ccc(N(C)C)cc4)CC3)C2=O)ccc1-c1cn[nH]c1. The molecular formula is C27H31N5O3. The topological polar surface area (TPSA) is 81.8 Å². The second-order valence-corrected chi connectivity index (χ2v) is 9.59. The summed E-state index contributed by atoms with van der Waals surface area (Å²) >= 11 is 0. The van der Waals surface area contributed by atoms with Gasteiger partial charge in [0, 0.05) is 74.1 Å². The summed E-state index contributed by atoms with van der Waals surface area (Å²) in [6, 6.07) is 13.6. The number of hydrogen-bond acceptors (Lipinski definition) is 5. The van der Waals surface area contributed by atoms with E-state index in [-0.39, 0.29) is 11.8 Å². The highest BCUT2D eigenvalue weighted by molar-refractivity contribution is 6.01. The summed E-state index contributed by atoms with van der Waals surface area (Å²) in [5, 5.41) is 6.84. The minimum Gasteiger partial charge on any atom is -0.496 e. The standard InChI is InChI=1S/C27H31N5O3/c1-30(2)21-6-4-19(5-7-21)25(33)31-13-10-27(11-14-31)12-15-32(26(27)34)22-8-9-23(24(16-22)35-3)20-17-28-29-18-20/h4-9,16-18H,10-15H2,1-3H3,(H,28,29). The highest BCUT2D eigenvalue weighted by atomic mass is 16.5. The van der Waals surface area contributed by atoms with E-state index in [9.17, 15) is 9.59 Å². The van der Waals surface area contributed by atoms with Crippen LogP contribution in [-0.4, -0.2) is 67.8 Å². The van der Waals surface area contributed by atoms with Gasteiger partial charge in [-0.05, 0) is 55.7 Å². The van der Waals surface area contributed by atoms with Gasteiger partial charge in [0.25, 0.3) is 5.91 Å². The summed E-state index contributed by atoms with van der Waals surface area (Å²) in [5.74, 6) is 0.892. The Kier molecular flexibility index (Phi) is 5.96. The number of benzene rings is 2. The van der Waals surface area contributed by atoms with E-state index in [0.717, 1.165) is 28.9 Å². The van der Waals surface area contributed by atoms with Crippen molar-refractivity contribution < 1.29 is 14.3 Å². The molecule has 8 heteroatoms. The Hall–Kier alpha value is -3.81. The van der Waals surface area contributed by atoms with E-state index in [4.69, 9.17) is 4.74 Å². The highest BCUT2D eigenvalue weighted by Crippen LogP contribution is 2.44. The van der Waals surface area contributed by atoms with Crippen LogP contribution in [0.25, 0.3) is 11.1 Å². The van der Waals surface area contributed by atoms with E-state index in [0.29, 0.717) is 43.8 Å². The molecule has 0 bridgehead atoms. The number of anilines is 2. The van der Waals surface area contributed by atoms with Crippen molar-refractivity contribution in [2.45, 2.75) is 19.3 Å². The van der Waals surface area contributed by atoms with Crippen molar-refractivity contribution in [1.82, 2.24) is 15.1 Å². The molecule has 0 radical (unpaired) electrons. The quantitative estimate of drug-likeness (QED) is 0.609. The van der Waals surface area contributed by atoms with Crippen LogP contribution in [0.15, 0.2) is 54.9 Å².